The van der Waals surface area contributed by atoms with Crippen LogP contribution in [0.15, 0.2) is 80.5 Å². The van der Waals surface area contributed by atoms with Gasteiger partial charge in [0, 0.05) is 42.2 Å². The number of benzene rings is 2. The van der Waals surface area contributed by atoms with Crippen LogP contribution >= 0.6 is 46.4 Å². The number of nitrogens with two attached hydrogens (primary N) is 1. The van der Waals surface area contributed by atoms with Crippen molar-refractivity contribution >= 4 is 119 Å². The SMILES string of the molecule is CCOC(=O)C1=NN(c2ccc(Cl)cc2Cl)C(C)(C(=O)OCC)C1.COc1cc(OC)n2nc(NS(=O)(=O)c3c(C(F)(F)F)ccnc3OC)nc2n1.Cc1[nH]n(C)c(=O)c1C(=O)c1ccc(C(F)(F)F)cc1S(C)(=O)=O.Nc1cc(Cl)nc(C(=O)O)c1Cl. The Morgan fingerprint density at radius 2 is 1.52 bits per heavy atom. The standard InChI is InChI=1S/C16H18Cl2N2O4.C14H13F3N6O5S.C14H13F3N2O4S.C6H4Cl2N2O2/c1-4-23-14(21)12-9-16(3,15(22)24-5-2)20(19-12)13-7-6-10(17)8-11(13)18;1-26-8-6-9(27-2)23-13(19-8)20-12(21-23)22-29(24,25)10-7(14(15,16)17)4-5-18-11(10)28-3;1-7-11(13(21)19(2)18-7)12(20)9-5-4-8(14(15,16)17)6-10(9)24(3,22)23;7-3-1-2(9)4(8)5(10-3)6(11)12/h6-8H,4-5,9H2,1-3H3;4-6H,1-3H3,(H,21,22);4-6,18H,1-3H3;1H,(H2,9,10)(H,11,12). The molecule has 89 heavy (non-hydrogen) atoms. The summed E-state index contributed by atoms with van der Waals surface area (Å²) < 4.78 is 156. The lowest BCUT2D eigenvalue weighted by molar-refractivity contribution is -0.148. The van der Waals surface area contributed by atoms with Crippen molar-refractivity contribution in [1.29, 1.82) is 0 Å². The van der Waals surface area contributed by atoms with E-state index in [1.54, 1.807) is 39.0 Å². The molecule has 5 N–H and O–H groups in total. The number of aromatic carboxylic acids is 1. The van der Waals surface area contributed by atoms with Crippen molar-refractivity contribution < 1.29 is 91.1 Å². The summed E-state index contributed by atoms with van der Waals surface area (Å²) in [6, 6.07) is 9.75. The Kier molecular flexibility index (Phi) is 22.7. The van der Waals surface area contributed by atoms with Gasteiger partial charge >= 0.3 is 30.3 Å². The van der Waals surface area contributed by atoms with Crippen LogP contribution in [-0.4, -0.2) is 137 Å². The minimum Gasteiger partial charge on any atom is -0.481 e. The number of aromatic amines is 1. The number of sulfonamides is 1. The first-order valence-electron chi connectivity index (χ1n) is 24.5. The maximum atomic E-state index is 13.3. The van der Waals surface area contributed by atoms with Gasteiger partial charge < -0.3 is 34.5 Å². The number of aryl methyl sites for hydroxylation is 2. The number of hydrogen-bond donors (Lipinski definition) is 4. The van der Waals surface area contributed by atoms with Crippen molar-refractivity contribution in [2.45, 2.75) is 61.8 Å². The number of hydrazone groups is 1. The highest BCUT2D eigenvalue weighted by Gasteiger charge is 2.50. The molecule has 27 nitrogen and oxygen atoms in total. The third kappa shape index (κ3) is 16.6. The first-order chi connectivity index (χ1) is 41.3. The number of carboxylic acid groups (broad SMARTS) is 1. The van der Waals surface area contributed by atoms with E-state index >= 15 is 0 Å². The van der Waals surface area contributed by atoms with E-state index in [1.165, 1.54) is 45.3 Å². The van der Waals surface area contributed by atoms with E-state index in [4.69, 9.17) is 80.9 Å². The number of fused-ring (bicyclic) bond motifs is 1. The number of nitrogens with one attached hydrogen (secondary N) is 2. The van der Waals surface area contributed by atoms with Crippen LogP contribution in [0.25, 0.3) is 5.78 Å². The molecule has 1 aliphatic heterocycles. The molecule has 0 radical (unpaired) electrons. The lowest BCUT2D eigenvalue weighted by Crippen LogP contribution is -2.48. The van der Waals surface area contributed by atoms with Crippen LogP contribution in [0.2, 0.25) is 20.2 Å². The largest absolute Gasteiger partial charge is 0.481 e. The van der Waals surface area contributed by atoms with Gasteiger partial charge in [0.2, 0.25) is 23.4 Å². The predicted molar refractivity (Wildman–Crippen MR) is 308 cm³/mol. The number of ether oxygens (including phenoxy) is 5. The van der Waals surface area contributed by atoms with Gasteiger partial charge in [-0.2, -0.15) is 45.9 Å². The van der Waals surface area contributed by atoms with Gasteiger partial charge in [-0.05, 0) is 76.2 Å². The summed E-state index contributed by atoms with van der Waals surface area (Å²) in [5.41, 5.74) is 0.541. The molecule has 6 heterocycles. The highest BCUT2D eigenvalue weighted by molar-refractivity contribution is 7.93. The Morgan fingerprint density at radius 1 is 0.865 bits per heavy atom. The molecule has 39 heteroatoms. The predicted octanol–water partition coefficient (Wildman–Crippen LogP) is 8.15. The molecule has 0 aliphatic carbocycles. The molecule has 2 aromatic carbocycles. The summed E-state index contributed by atoms with van der Waals surface area (Å²) >= 11 is 23.2. The number of aromatic nitrogens is 8. The second-order valence-electron chi connectivity index (χ2n) is 17.9. The van der Waals surface area contributed by atoms with Crippen molar-refractivity contribution in [2.75, 3.05) is 56.3 Å². The second kappa shape index (κ2) is 28.3. The molecule has 0 saturated carbocycles. The number of hydrogen-bond acceptors (Lipinski definition) is 22. The fraction of sp³-hybridized carbons (Fsp3) is 0.300. The molecule has 5 aromatic heterocycles. The van der Waals surface area contributed by atoms with E-state index in [0.717, 1.165) is 28.6 Å². The highest BCUT2D eigenvalue weighted by Crippen LogP contribution is 2.41. The second-order valence-corrected chi connectivity index (χ2v) is 23.1. The van der Waals surface area contributed by atoms with Gasteiger partial charge in [0.05, 0.1) is 78.1 Å². The molecule has 1 atom stereocenters. The average Bonchev–Trinajstić information content (AvgIpc) is 1.79. The fourth-order valence-corrected chi connectivity index (χ4v) is 10.7. The number of rotatable bonds is 15. The Hall–Kier alpha value is -8.51. The summed E-state index contributed by atoms with van der Waals surface area (Å²) in [4.78, 5) is 72.4. The molecule has 0 bridgehead atoms. The topological polar surface area (TPSA) is 363 Å². The number of H-pyrrole nitrogens is 1. The number of halogens is 10. The van der Waals surface area contributed by atoms with Crippen molar-refractivity contribution in [3.63, 3.8) is 0 Å². The molecule has 480 valence electrons. The number of pyridine rings is 2. The third-order valence-corrected chi connectivity index (χ3v) is 15.3. The number of carbonyl (C=O) groups is 4. The minimum atomic E-state index is -4.98. The maximum absolute atomic E-state index is 13.3. The first-order valence-corrected chi connectivity index (χ1v) is 29.4. The number of carbonyl (C=O) groups excluding carboxylic acids is 3. The van der Waals surface area contributed by atoms with Crippen LogP contribution in [0, 0.1) is 6.92 Å². The number of nitrogens with zero attached hydrogens (tertiary/aromatic N) is 9. The van der Waals surface area contributed by atoms with Crippen LogP contribution in [0.3, 0.4) is 0 Å². The van der Waals surface area contributed by atoms with E-state index in [2.05, 4.69) is 35.2 Å². The normalized spacial score (nSPS) is 14.0. The molecule has 0 spiro atoms. The molecule has 7 aromatic rings. The number of alkyl halides is 6. The lowest BCUT2D eigenvalue weighted by Gasteiger charge is -2.32. The number of ketones is 1. The number of anilines is 3. The van der Waals surface area contributed by atoms with Crippen LogP contribution in [-0.2, 0) is 58.3 Å². The summed E-state index contributed by atoms with van der Waals surface area (Å²) in [5.74, 6) is -4.49. The van der Waals surface area contributed by atoms with Gasteiger partial charge in [-0.25, -0.2) is 50.9 Å². The van der Waals surface area contributed by atoms with Crippen LogP contribution in [0.5, 0.6) is 17.6 Å². The van der Waals surface area contributed by atoms with E-state index in [0.29, 0.717) is 40.2 Å². The first kappa shape index (κ1) is 71.2. The molecule has 1 aliphatic rings. The molecular formula is C50H48Cl4F6N12O15S2. The third-order valence-electron chi connectivity index (χ3n) is 11.7. The number of methoxy groups -OCH3 is 3. The summed E-state index contributed by atoms with van der Waals surface area (Å²) in [7, 11) is -3.97. The Labute approximate surface area is 519 Å². The zero-order valence-electron chi connectivity index (χ0n) is 47.3. The molecule has 0 saturated heterocycles. The summed E-state index contributed by atoms with van der Waals surface area (Å²) in [6.45, 7) is 6.92. The maximum Gasteiger partial charge on any atom is 0.418 e. The van der Waals surface area contributed by atoms with Crippen LogP contribution in [0.4, 0.5) is 43.7 Å². The highest BCUT2D eigenvalue weighted by atomic mass is 35.5. The van der Waals surface area contributed by atoms with Gasteiger partial charge in [0.25, 0.3) is 27.3 Å². The quantitative estimate of drug-likeness (QED) is 0.0325. The number of sulfone groups is 1. The van der Waals surface area contributed by atoms with E-state index in [9.17, 15) is 67.2 Å². The smallest absolute Gasteiger partial charge is 0.418 e. The summed E-state index contributed by atoms with van der Waals surface area (Å²) in [5, 5.41) is 21.3. The minimum absolute atomic E-state index is 0.00861. The molecule has 0 fully saturated rings. The van der Waals surface area contributed by atoms with E-state index in [1.807, 2.05) is 4.72 Å². The molecule has 1 unspecified atom stereocenters. The average molecular weight is 1380 g/mol. The molecule has 8 rings (SSSR count). The van der Waals surface area contributed by atoms with Gasteiger partial charge in [0.1, 0.15) is 16.4 Å². The van der Waals surface area contributed by atoms with Crippen LogP contribution < -0.4 is 35.2 Å². The van der Waals surface area contributed by atoms with E-state index < -0.39 is 105 Å². The summed E-state index contributed by atoms with van der Waals surface area (Å²) in [6.07, 6.45) is -8.21. The van der Waals surface area contributed by atoms with Gasteiger partial charge in [0.15, 0.2) is 26.0 Å². The van der Waals surface area contributed by atoms with Gasteiger partial charge in [-0.3, -0.25) is 19.4 Å². The van der Waals surface area contributed by atoms with Crippen molar-refractivity contribution in [3.8, 4) is 17.6 Å². The zero-order valence-corrected chi connectivity index (χ0v) is 51.9. The number of nitrogen functional groups attached to an aromatic ring is 1. The van der Waals surface area contributed by atoms with Crippen molar-refractivity contribution in [3.05, 3.63) is 125 Å². The zero-order chi connectivity index (χ0) is 67.1. The number of esters is 2. The lowest BCUT2D eigenvalue weighted by atomic mass is 9.95. The Morgan fingerprint density at radius 3 is 2.04 bits per heavy atom. The number of carboxylic acids is 1. The monoisotopic (exact) mass is 1370 g/mol. The Balaban J connectivity index is 0.000000223. The van der Waals surface area contributed by atoms with Crippen molar-refractivity contribution in [1.82, 2.24) is 39.3 Å². The Bertz CT molecular complexity index is 4210. The van der Waals surface area contributed by atoms with E-state index in [-0.39, 0.29) is 75.7 Å². The van der Waals surface area contributed by atoms with Gasteiger partial charge in [-0.15, -0.1) is 5.10 Å². The fourth-order valence-electron chi connectivity index (χ4n) is 7.70. The van der Waals surface area contributed by atoms with Crippen LogP contribution in [0.1, 0.15) is 70.4 Å². The van der Waals surface area contributed by atoms with Crippen molar-refractivity contribution in [2.24, 2.45) is 12.1 Å². The molecular weight excluding hydrogens is 1330 g/mol. The van der Waals surface area contributed by atoms with Gasteiger partial charge in [-0.1, -0.05) is 46.4 Å². The molecule has 0 amide bonds.